The Morgan fingerprint density at radius 2 is 1.08 bits per heavy atom. The number of rotatable bonds is 21. The van der Waals surface area contributed by atoms with E-state index < -0.39 is 10.1 Å². The van der Waals surface area contributed by atoms with Crippen LogP contribution in [0.5, 0.6) is 0 Å². The van der Waals surface area contributed by atoms with E-state index in [2.05, 4.69) is 19.9 Å². The Hall–Kier alpha value is -1.39. The van der Waals surface area contributed by atoms with Gasteiger partial charge in [0.1, 0.15) is 4.90 Å². The van der Waals surface area contributed by atoms with Gasteiger partial charge in [0, 0.05) is 5.39 Å². The van der Waals surface area contributed by atoms with Gasteiger partial charge in [-0.2, -0.15) is 8.42 Å². The first-order chi connectivity index (χ1) is 17.5. The third-order valence-electron chi connectivity index (χ3n) is 7.48. The molecule has 0 amide bonds. The summed E-state index contributed by atoms with van der Waals surface area (Å²) in [5, 5.41) is 1.65. The highest BCUT2D eigenvalue weighted by atomic mass is 32.2. The van der Waals surface area contributed by atoms with Crippen molar-refractivity contribution in [3.05, 3.63) is 41.5 Å². The second kappa shape index (κ2) is 18.0. The van der Waals surface area contributed by atoms with Crippen LogP contribution in [0.4, 0.5) is 0 Å². The van der Waals surface area contributed by atoms with Crippen molar-refractivity contribution >= 4 is 20.9 Å². The lowest BCUT2D eigenvalue weighted by Gasteiger charge is -2.13. The largest absolute Gasteiger partial charge is 0.295 e. The van der Waals surface area contributed by atoms with Crippen molar-refractivity contribution in [2.75, 3.05) is 0 Å². The molecule has 3 nitrogen and oxygen atoms in total. The summed E-state index contributed by atoms with van der Waals surface area (Å²) in [7, 11) is -4.28. The van der Waals surface area contributed by atoms with E-state index in [0.29, 0.717) is 0 Å². The maximum Gasteiger partial charge on any atom is 0.295 e. The van der Waals surface area contributed by atoms with E-state index in [4.69, 9.17) is 0 Å². The quantitative estimate of drug-likeness (QED) is 0.133. The van der Waals surface area contributed by atoms with Crippen LogP contribution in [-0.4, -0.2) is 13.0 Å². The molecule has 0 aliphatic carbocycles. The average Bonchev–Trinajstić information content (AvgIpc) is 2.85. The van der Waals surface area contributed by atoms with Crippen molar-refractivity contribution < 1.29 is 13.0 Å². The molecule has 2 aromatic rings. The molecule has 2 aromatic carbocycles. The lowest BCUT2D eigenvalue weighted by molar-refractivity contribution is 0.484. The highest BCUT2D eigenvalue weighted by Crippen LogP contribution is 2.30. The van der Waals surface area contributed by atoms with Crippen molar-refractivity contribution in [1.29, 1.82) is 0 Å². The Balaban J connectivity index is 1.91. The monoisotopic (exact) mass is 516 g/mol. The van der Waals surface area contributed by atoms with Crippen molar-refractivity contribution in [2.45, 2.75) is 147 Å². The van der Waals surface area contributed by atoms with E-state index in [-0.39, 0.29) is 4.90 Å². The highest BCUT2D eigenvalue weighted by molar-refractivity contribution is 7.86. The molecule has 0 saturated heterocycles. The number of hydrogen-bond acceptors (Lipinski definition) is 2. The minimum absolute atomic E-state index is 0.0949. The molecule has 204 valence electrons. The molecule has 0 bridgehead atoms. The Bertz CT molecular complexity index is 965. The van der Waals surface area contributed by atoms with Gasteiger partial charge in [-0.1, -0.05) is 141 Å². The van der Waals surface area contributed by atoms with E-state index in [1.165, 1.54) is 103 Å². The molecule has 0 atom stereocenters. The fraction of sp³-hybridized carbons (Fsp3) is 0.688. The first-order valence-electron chi connectivity index (χ1n) is 15.0. The predicted octanol–water partition coefficient (Wildman–Crippen LogP) is 10.2. The van der Waals surface area contributed by atoms with Crippen LogP contribution in [0.2, 0.25) is 0 Å². The van der Waals surface area contributed by atoms with Gasteiger partial charge in [0.2, 0.25) is 0 Å². The molecule has 1 N–H and O–H groups in total. The minimum Gasteiger partial charge on any atom is -0.282 e. The van der Waals surface area contributed by atoms with E-state index >= 15 is 0 Å². The van der Waals surface area contributed by atoms with E-state index in [9.17, 15) is 13.0 Å². The molecule has 0 unspecified atom stereocenters. The van der Waals surface area contributed by atoms with Gasteiger partial charge in [0.05, 0.1) is 0 Å². The number of benzene rings is 2. The minimum atomic E-state index is -4.28. The second-order valence-electron chi connectivity index (χ2n) is 10.7. The first kappa shape index (κ1) is 30.8. The Labute approximate surface area is 222 Å². The van der Waals surface area contributed by atoms with Gasteiger partial charge in [0.25, 0.3) is 10.1 Å². The van der Waals surface area contributed by atoms with E-state index in [1.807, 2.05) is 18.2 Å². The third-order valence-corrected chi connectivity index (χ3v) is 8.36. The predicted molar refractivity (Wildman–Crippen MR) is 156 cm³/mol. The molecule has 0 spiro atoms. The van der Waals surface area contributed by atoms with Gasteiger partial charge in [0.15, 0.2) is 0 Å². The summed E-state index contributed by atoms with van der Waals surface area (Å²) in [4.78, 5) is 0.0949. The summed E-state index contributed by atoms with van der Waals surface area (Å²) in [6, 6.07) is 9.91. The number of hydrogen-bond donors (Lipinski definition) is 1. The van der Waals surface area contributed by atoms with Crippen molar-refractivity contribution in [3.63, 3.8) is 0 Å². The van der Waals surface area contributed by atoms with Crippen LogP contribution in [0.1, 0.15) is 141 Å². The summed E-state index contributed by atoms with van der Waals surface area (Å²) in [6.45, 7) is 4.50. The van der Waals surface area contributed by atoms with Crippen LogP contribution in [0, 0.1) is 0 Å². The van der Waals surface area contributed by atoms with Crippen molar-refractivity contribution in [1.82, 2.24) is 0 Å². The van der Waals surface area contributed by atoms with Crippen LogP contribution < -0.4 is 0 Å². The maximum absolute atomic E-state index is 12.4. The van der Waals surface area contributed by atoms with Crippen LogP contribution in [0.3, 0.4) is 0 Å². The SMILES string of the molecule is CCCCCCCCCCCc1cc(S(=O)(=O)O)c2c(CCCCCCCCCCC)cccc2c1. The lowest BCUT2D eigenvalue weighted by atomic mass is 9.96. The fourth-order valence-corrected chi connectivity index (χ4v) is 6.15. The summed E-state index contributed by atoms with van der Waals surface area (Å²) < 4.78 is 34.8. The molecule has 0 heterocycles. The molecule has 0 radical (unpaired) electrons. The molecule has 0 aliphatic heterocycles. The molecule has 4 heteroatoms. The number of fused-ring (bicyclic) bond motifs is 1. The highest BCUT2D eigenvalue weighted by Gasteiger charge is 2.18. The zero-order chi connectivity index (χ0) is 26.1. The van der Waals surface area contributed by atoms with Crippen LogP contribution >= 0.6 is 0 Å². The van der Waals surface area contributed by atoms with Gasteiger partial charge >= 0.3 is 0 Å². The van der Waals surface area contributed by atoms with E-state index in [1.54, 1.807) is 6.07 Å². The number of aryl methyl sites for hydroxylation is 2. The fourth-order valence-electron chi connectivity index (χ4n) is 5.34. The molecule has 36 heavy (non-hydrogen) atoms. The molecule has 0 saturated carbocycles. The topological polar surface area (TPSA) is 54.4 Å². The van der Waals surface area contributed by atoms with Gasteiger partial charge in [-0.3, -0.25) is 4.55 Å². The molecule has 0 aromatic heterocycles. The van der Waals surface area contributed by atoms with Gasteiger partial charge in [-0.15, -0.1) is 0 Å². The zero-order valence-electron chi connectivity index (χ0n) is 23.2. The van der Waals surface area contributed by atoms with Crippen molar-refractivity contribution in [2.24, 2.45) is 0 Å². The standard InChI is InChI=1S/C32H52O3S/c1-3-5-7-9-11-13-15-17-19-22-28-26-30-25-21-24-29(32(30)31(27-28)36(33,34)35)23-20-18-16-14-12-10-8-6-4-2/h21,24-27H,3-20,22-23H2,1-2H3,(H,33,34,35). The molecular weight excluding hydrogens is 464 g/mol. The zero-order valence-corrected chi connectivity index (χ0v) is 24.0. The van der Waals surface area contributed by atoms with Crippen molar-refractivity contribution in [3.8, 4) is 0 Å². The summed E-state index contributed by atoms with van der Waals surface area (Å²) in [5.41, 5.74) is 2.05. The Kier molecular flexibility index (Phi) is 15.4. The summed E-state index contributed by atoms with van der Waals surface area (Å²) in [5.74, 6) is 0. The average molecular weight is 517 g/mol. The van der Waals surface area contributed by atoms with E-state index in [0.717, 1.165) is 47.6 Å². The summed E-state index contributed by atoms with van der Waals surface area (Å²) >= 11 is 0. The van der Waals surface area contributed by atoms with Gasteiger partial charge in [-0.25, -0.2) is 0 Å². The molecule has 0 aliphatic rings. The smallest absolute Gasteiger partial charge is 0.282 e. The Morgan fingerprint density at radius 3 is 1.58 bits per heavy atom. The molecule has 0 fully saturated rings. The summed E-state index contributed by atoms with van der Waals surface area (Å²) in [6.07, 6.45) is 24.5. The second-order valence-corrected chi connectivity index (χ2v) is 12.1. The van der Waals surface area contributed by atoms with Gasteiger partial charge < -0.3 is 0 Å². The number of unbranched alkanes of at least 4 members (excludes halogenated alkanes) is 16. The van der Waals surface area contributed by atoms with Crippen LogP contribution in [0.15, 0.2) is 35.2 Å². The van der Waals surface area contributed by atoms with Crippen LogP contribution in [-0.2, 0) is 23.0 Å². The molecular formula is C32H52O3S. The maximum atomic E-state index is 12.4. The first-order valence-corrected chi connectivity index (χ1v) is 16.4. The third kappa shape index (κ3) is 11.8. The Morgan fingerprint density at radius 1 is 0.611 bits per heavy atom. The normalized spacial score (nSPS) is 12.0. The molecule has 2 rings (SSSR count). The van der Waals surface area contributed by atoms with Crippen LogP contribution in [0.25, 0.3) is 10.8 Å². The lowest BCUT2D eigenvalue weighted by Crippen LogP contribution is -2.03. The van der Waals surface area contributed by atoms with Gasteiger partial charge in [-0.05, 0) is 48.3 Å².